The summed E-state index contributed by atoms with van der Waals surface area (Å²) in [6.45, 7) is 0. The lowest BCUT2D eigenvalue weighted by atomic mass is 10.0. The van der Waals surface area contributed by atoms with Crippen LogP contribution in [0, 0.1) is 5.92 Å². The van der Waals surface area contributed by atoms with Gasteiger partial charge in [-0.25, -0.2) is 4.68 Å². The van der Waals surface area contributed by atoms with Gasteiger partial charge in [-0.05, 0) is 42.0 Å². The number of aromatic nitrogens is 4. The Bertz CT molecular complexity index is 395. The third-order valence-corrected chi connectivity index (χ3v) is 5.62. The minimum Gasteiger partial charge on any atom is -0.327 e. The first kappa shape index (κ1) is 13.4. The fourth-order valence-corrected chi connectivity index (χ4v) is 4.38. The van der Waals surface area contributed by atoms with E-state index < -0.39 is 0 Å². The first-order chi connectivity index (χ1) is 9.34. The van der Waals surface area contributed by atoms with Crippen LogP contribution >= 0.6 is 11.8 Å². The van der Waals surface area contributed by atoms with Crippen LogP contribution < -0.4 is 5.73 Å². The van der Waals surface area contributed by atoms with E-state index >= 15 is 0 Å². The Morgan fingerprint density at radius 2 is 1.84 bits per heavy atom. The Balaban J connectivity index is 1.56. The van der Waals surface area contributed by atoms with Crippen molar-refractivity contribution in [2.45, 2.75) is 68.6 Å². The summed E-state index contributed by atoms with van der Waals surface area (Å²) in [4.78, 5) is 0. The van der Waals surface area contributed by atoms with Crippen LogP contribution in [-0.4, -0.2) is 32.0 Å². The van der Waals surface area contributed by atoms with Crippen LogP contribution in [0.5, 0.6) is 0 Å². The number of nitrogens with zero attached hydrogens (tertiary/aromatic N) is 4. The van der Waals surface area contributed by atoms with Gasteiger partial charge >= 0.3 is 0 Å². The molecular weight excluding hydrogens is 258 g/mol. The molecule has 0 radical (unpaired) electrons. The molecular formula is C13H23N5S. The highest BCUT2D eigenvalue weighted by Gasteiger charge is 2.25. The second-order valence-electron chi connectivity index (χ2n) is 5.86. The van der Waals surface area contributed by atoms with E-state index in [0.717, 1.165) is 10.9 Å². The molecule has 2 saturated carbocycles. The van der Waals surface area contributed by atoms with Crippen LogP contribution in [0.4, 0.5) is 0 Å². The van der Waals surface area contributed by atoms with Gasteiger partial charge in [0, 0.05) is 11.8 Å². The Morgan fingerprint density at radius 1 is 1.16 bits per heavy atom. The van der Waals surface area contributed by atoms with Gasteiger partial charge in [0.05, 0.1) is 6.04 Å². The molecule has 1 aromatic heterocycles. The van der Waals surface area contributed by atoms with Gasteiger partial charge in [0.15, 0.2) is 0 Å². The molecule has 2 aliphatic carbocycles. The summed E-state index contributed by atoms with van der Waals surface area (Å²) in [5.74, 6) is 1.65. The maximum Gasteiger partial charge on any atom is 0.209 e. The average Bonchev–Trinajstić information content (AvgIpc) is 3.14. The van der Waals surface area contributed by atoms with Crippen LogP contribution in [0.15, 0.2) is 5.16 Å². The molecule has 0 amide bonds. The Kier molecular flexibility index (Phi) is 4.38. The monoisotopic (exact) mass is 281 g/mol. The summed E-state index contributed by atoms with van der Waals surface area (Å²) in [6.07, 6.45) is 10.3. The normalized spacial score (nSPS) is 23.2. The zero-order chi connectivity index (χ0) is 13.1. The summed E-state index contributed by atoms with van der Waals surface area (Å²) in [6, 6.07) is 0.807. The summed E-state index contributed by atoms with van der Waals surface area (Å²) in [5, 5.41) is 13.1. The SMILES string of the molecule is NC(CSc1nnnn1C1CCCC1)C1CCCC1. The first-order valence-corrected chi connectivity index (χ1v) is 8.49. The summed E-state index contributed by atoms with van der Waals surface area (Å²) < 4.78 is 2.03. The lowest BCUT2D eigenvalue weighted by Gasteiger charge is -2.18. The fraction of sp³-hybridized carbons (Fsp3) is 0.923. The number of nitrogens with two attached hydrogens (primary N) is 1. The summed E-state index contributed by atoms with van der Waals surface area (Å²) in [7, 11) is 0. The van der Waals surface area contributed by atoms with Crippen LogP contribution in [0.3, 0.4) is 0 Å². The van der Waals surface area contributed by atoms with Crippen molar-refractivity contribution in [3.8, 4) is 0 Å². The van der Waals surface area contributed by atoms with Crippen molar-refractivity contribution < 1.29 is 0 Å². The van der Waals surface area contributed by atoms with Crippen molar-refractivity contribution in [2.75, 3.05) is 5.75 Å². The topological polar surface area (TPSA) is 69.6 Å². The van der Waals surface area contributed by atoms with Crippen LogP contribution in [-0.2, 0) is 0 Å². The molecule has 1 aromatic rings. The smallest absolute Gasteiger partial charge is 0.209 e. The quantitative estimate of drug-likeness (QED) is 0.839. The predicted octanol–water partition coefficient (Wildman–Crippen LogP) is 2.40. The lowest BCUT2D eigenvalue weighted by Crippen LogP contribution is -2.31. The van der Waals surface area contributed by atoms with Crippen molar-refractivity contribution in [1.82, 2.24) is 20.2 Å². The van der Waals surface area contributed by atoms with E-state index in [2.05, 4.69) is 15.5 Å². The maximum atomic E-state index is 6.30. The van der Waals surface area contributed by atoms with Crippen molar-refractivity contribution >= 4 is 11.8 Å². The highest BCUT2D eigenvalue weighted by atomic mass is 32.2. The third-order valence-electron chi connectivity index (χ3n) is 4.54. The average molecular weight is 281 g/mol. The zero-order valence-electron chi connectivity index (χ0n) is 11.4. The van der Waals surface area contributed by atoms with Crippen molar-refractivity contribution in [2.24, 2.45) is 11.7 Å². The second kappa shape index (κ2) is 6.22. The van der Waals surface area contributed by atoms with E-state index in [4.69, 9.17) is 5.73 Å². The van der Waals surface area contributed by atoms with E-state index in [1.807, 2.05) is 4.68 Å². The maximum absolute atomic E-state index is 6.30. The highest BCUT2D eigenvalue weighted by molar-refractivity contribution is 7.99. The molecule has 19 heavy (non-hydrogen) atoms. The Morgan fingerprint density at radius 3 is 2.58 bits per heavy atom. The summed E-state index contributed by atoms with van der Waals surface area (Å²) in [5.41, 5.74) is 6.30. The van der Waals surface area contributed by atoms with E-state index in [1.54, 1.807) is 11.8 Å². The molecule has 1 heterocycles. The van der Waals surface area contributed by atoms with Crippen molar-refractivity contribution in [3.05, 3.63) is 0 Å². The zero-order valence-corrected chi connectivity index (χ0v) is 12.2. The molecule has 106 valence electrons. The molecule has 3 rings (SSSR count). The molecule has 1 atom stereocenters. The van der Waals surface area contributed by atoms with E-state index in [0.29, 0.717) is 18.0 Å². The predicted molar refractivity (Wildman–Crippen MR) is 76.0 cm³/mol. The van der Waals surface area contributed by atoms with Crippen LogP contribution in [0.1, 0.15) is 57.4 Å². The molecule has 2 fully saturated rings. The highest BCUT2D eigenvalue weighted by Crippen LogP contribution is 2.33. The molecule has 6 heteroatoms. The standard InChI is InChI=1S/C13H23N5S/c14-12(10-5-1-2-6-10)9-19-13-15-16-17-18(13)11-7-3-4-8-11/h10-12H,1-9,14H2. The molecule has 1 unspecified atom stereocenters. The lowest BCUT2D eigenvalue weighted by molar-refractivity contribution is 0.422. The number of hydrogen-bond acceptors (Lipinski definition) is 5. The van der Waals surface area contributed by atoms with Crippen molar-refractivity contribution in [1.29, 1.82) is 0 Å². The van der Waals surface area contributed by atoms with Gasteiger partial charge in [0.1, 0.15) is 0 Å². The molecule has 0 bridgehead atoms. The largest absolute Gasteiger partial charge is 0.327 e. The molecule has 2 N–H and O–H groups in total. The molecule has 0 aromatic carbocycles. The third kappa shape index (κ3) is 3.11. The van der Waals surface area contributed by atoms with Gasteiger partial charge in [-0.1, -0.05) is 37.4 Å². The molecule has 0 spiro atoms. The van der Waals surface area contributed by atoms with Gasteiger partial charge in [-0.15, -0.1) is 5.10 Å². The molecule has 2 aliphatic rings. The number of tetrazole rings is 1. The minimum absolute atomic E-state index is 0.293. The van der Waals surface area contributed by atoms with Crippen LogP contribution in [0.25, 0.3) is 0 Å². The van der Waals surface area contributed by atoms with Gasteiger partial charge in [-0.3, -0.25) is 0 Å². The van der Waals surface area contributed by atoms with Gasteiger partial charge < -0.3 is 5.73 Å². The Labute approximate surface area is 118 Å². The van der Waals surface area contributed by atoms with Crippen molar-refractivity contribution in [3.63, 3.8) is 0 Å². The van der Waals surface area contributed by atoms with Gasteiger partial charge in [0.2, 0.25) is 5.16 Å². The van der Waals surface area contributed by atoms with Crippen LogP contribution in [0.2, 0.25) is 0 Å². The van der Waals surface area contributed by atoms with E-state index in [1.165, 1.54) is 51.4 Å². The van der Waals surface area contributed by atoms with Gasteiger partial charge in [-0.2, -0.15) is 0 Å². The molecule has 5 nitrogen and oxygen atoms in total. The first-order valence-electron chi connectivity index (χ1n) is 7.51. The number of thioether (sulfide) groups is 1. The van der Waals surface area contributed by atoms with E-state index in [9.17, 15) is 0 Å². The van der Waals surface area contributed by atoms with Gasteiger partial charge in [0.25, 0.3) is 0 Å². The second-order valence-corrected chi connectivity index (χ2v) is 6.85. The number of hydrogen-bond donors (Lipinski definition) is 1. The summed E-state index contributed by atoms with van der Waals surface area (Å²) >= 11 is 1.74. The minimum atomic E-state index is 0.293. The number of rotatable bonds is 5. The fourth-order valence-electron chi connectivity index (χ4n) is 3.35. The van der Waals surface area contributed by atoms with E-state index in [-0.39, 0.29) is 0 Å². The molecule has 0 saturated heterocycles. The molecule has 0 aliphatic heterocycles. The Hall–Kier alpha value is -0.620.